The van der Waals surface area contributed by atoms with Crippen LogP contribution in [0.3, 0.4) is 0 Å². The van der Waals surface area contributed by atoms with Gasteiger partial charge >= 0.3 is 6.18 Å². The number of hydrogen-bond donors (Lipinski definition) is 0. The van der Waals surface area contributed by atoms with E-state index in [-0.39, 0.29) is 5.75 Å². The first-order valence-corrected chi connectivity index (χ1v) is 10.2. The number of hydrogen-bond acceptors (Lipinski definition) is 5. The third-order valence-electron chi connectivity index (χ3n) is 6.48. The van der Waals surface area contributed by atoms with Crippen molar-refractivity contribution in [3.63, 3.8) is 0 Å². The summed E-state index contributed by atoms with van der Waals surface area (Å²) in [5, 5.41) is 0. The molecule has 0 spiro atoms. The fourth-order valence-corrected chi connectivity index (χ4v) is 4.68. The molecule has 3 atom stereocenters. The number of ether oxygens (including phenoxy) is 2. The lowest BCUT2D eigenvalue weighted by molar-refractivity contribution is -0.137. The molecular weight excluding hydrogens is 409 g/mol. The molecule has 1 saturated carbocycles. The second kappa shape index (κ2) is 7.40. The van der Waals surface area contributed by atoms with Crippen molar-refractivity contribution in [1.82, 2.24) is 19.4 Å². The van der Waals surface area contributed by atoms with Crippen LogP contribution in [0.1, 0.15) is 11.4 Å². The smallest absolute Gasteiger partial charge is 0.416 e. The van der Waals surface area contributed by atoms with E-state index in [0.29, 0.717) is 30.1 Å². The highest BCUT2D eigenvalue weighted by atomic mass is 19.4. The topological polar surface area (TPSA) is 52.4 Å². The van der Waals surface area contributed by atoms with Gasteiger partial charge in [0.15, 0.2) is 17.1 Å². The first-order valence-electron chi connectivity index (χ1n) is 10.2. The van der Waals surface area contributed by atoms with Gasteiger partial charge in [-0.1, -0.05) is 0 Å². The SMILES string of the molecule is COc1cc(C(F)(F)F)ccc1OC[C@@H]1[C@H]2CN(Cc3nc4ncccc4n3C)C[C@@H]12. The molecule has 2 aliphatic rings. The fraction of sp³-hybridized carbons (Fsp3) is 0.455. The van der Waals surface area contributed by atoms with Crippen LogP contribution in [0.15, 0.2) is 36.5 Å². The molecule has 0 unspecified atom stereocenters. The van der Waals surface area contributed by atoms with Gasteiger partial charge in [-0.3, -0.25) is 4.90 Å². The quantitative estimate of drug-likeness (QED) is 0.594. The first-order chi connectivity index (χ1) is 14.8. The zero-order chi connectivity index (χ0) is 21.8. The Balaban J connectivity index is 1.16. The lowest BCUT2D eigenvalue weighted by Gasteiger charge is -2.19. The average Bonchev–Trinajstić information content (AvgIpc) is 3.05. The van der Waals surface area contributed by atoms with Crippen LogP contribution >= 0.6 is 0 Å². The van der Waals surface area contributed by atoms with Crippen molar-refractivity contribution in [2.75, 3.05) is 26.8 Å². The summed E-state index contributed by atoms with van der Waals surface area (Å²) in [6.45, 7) is 3.21. The van der Waals surface area contributed by atoms with Crippen molar-refractivity contribution in [1.29, 1.82) is 0 Å². The summed E-state index contributed by atoms with van der Waals surface area (Å²) < 4.78 is 51.7. The predicted molar refractivity (Wildman–Crippen MR) is 108 cm³/mol. The number of imidazole rings is 1. The molecule has 5 rings (SSSR count). The number of halogens is 3. The molecule has 3 heterocycles. The highest BCUT2D eigenvalue weighted by molar-refractivity contribution is 5.71. The third-order valence-corrected chi connectivity index (χ3v) is 6.48. The van der Waals surface area contributed by atoms with E-state index >= 15 is 0 Å². The maximum absolute atomic E-state index is 12.9. The van der Waals surface area contributed by atoms with Crippen LogP contribution < -0.4 is 9.47 Å². The van der Waals surface area contributed by atoms with E-state index in [1.165, 1.54) is 13.2 Å². The Labute approximate surface area is 177 Å². The molecule has 0 amide bonds. The Hall–Kier alpha value is -2.81. The van der Waals surface area contributed by atoms with Gasteiger partial charge < -0.3 is 14.0 Å². The summed E-state index contributed by atoms with van der Waals surface area (Å²) in [7, 11) is 3.36. The number of aryl methyl sites for hydroxylation is 1. The van der Waals surface area contributed by atoms with E-state index < -0.39 is 11.7 Å². The van der Waals surface area contributed by atoms with Crippen LogP contribution in [-0.4, -0.2) is 46.2 Å². The van der Waals surface area contributed by atoms with Gasteiger partial charge in [-0.15, -0.1) is 0 Å². The molecule has 1 aliphatic carbocycles. The highest BCUT2D eigenvalue weighted by Gasteiger charge is 2.55. The number of pyridine rings is 1. The maximum Gasteiger partial charge on any atom is 0.416 e. The largest absolute Gasteiger partial charge is 0.493 e. The Morgan fingerprint density at radius 3 is 2.58 bits per heavy atom. The van der Waals surface area contributed by atoms with Crippen molar-refractivity contribution >= 4 is 11.2 Å². The number of methoxy groups -OCH3 is 1. The normalized spacial score (nSPS) is 23.2. The van der Waals surface area contributed by atoms with Gasteiger partial charge in [0.25, 0.3) is 0 Å². The second-order valence-electron chi connectivity index (χ2n) is 8.29. The van der Waals surface area contributed by atoms with Crippen molar-refractivity contribution in [2.45, 2.75) is 12.7 Å². The molecule has 0 bridgehead atoms. The molecule has 1 saturated heterocycles. The van der Waals surface area contributed by atoms with Crippen molar-refractivity contribution in [2.24, 2.45) is 24.8 Å². The average molecular weight is 432 g/mol. The molecule has 31 heavy (non-hydrogen) atoms. The minimum Gasteiger partial charge on any atom is -0.493 e. The summed E-state index contributed by atoms with van der Waals surface area (Å²) >= 11 is 0. The van der Waals surface area contributed by atoms with Crippen LogP contribution in [0.5, 0.6) is 11.5 Å². The fourth-order valence-electron chi connectivity index (χ4n) is 4.68. The van der Waals surface area contributed by atoms with Gasteiger partial charge in [0.2, 0.25) is 0 Å². The second-order valence-corrected chi connectivity index (χ2v) is 8.29. The molecule has 164 valence electrons. The zero-order valence-electron chi connectivity index (χ0n) is 17.3. The number of benzene rings is 1. The Bertz CT molecular complexity index is 1100. The highest BCUT2D eigenvalue weighted by Crippen LogP contribution is 2.52. The maximum atomic E-state index is 12.9. The summed E-state index contributed by atoms with van der Waals surface area (Å²) in [5.74, 6) is 2.98. The van der Waals surface area contributed by atoms with E-state index in [0.717, 1.165) is 48.8 Å². The van der Waals surface area contributed by atoms with E-state index in [1.54, 1.807) is 6.20 Å². The molecule has 0 N–H and O–H groups in total. The minimum absolute atomic E-state index is 0.109. The molecule has 0 radical (unpaired) electrons. The van der Waals surface area contributed by atoms with Gasteiger partial charge in [-0.25, -0.2) is 9.97 Å². The van der Waals surface area contributed by atoms with Crippen LogP contribution in [0, 0.1) is 17.8 Å². The van der Waals surface area contributed by atoms with Crippen molar-refractivity contribution in [3.8, 4) is 11.5 Å². The van der Waals surface area contributed by atoms with Crippen LogP contribution in [0.2, 0.25) is 0 Å². The Morgan fingerprint density at radius 2 is 1.90 bits per heavy atom. The van der Waals surface area contributed by atoms with Gasteiger partial charge in [-0.2, -0.15) is 13.2 Å². The molecule has 2 fully saturated rings. The molecular formula is C22H23F3N4O2. The lowest BCUT2D eigenvalue weighted by atomic mass is 10.2. The molecule has 9 heteroatoms. The number of alkyl halides is 3. The Kier molecular flexibility index (Phi) is 4.80. The molecule has 1 aromatic carbocycles. The summed E-state index contributed by atoms with van der Waals surface area (Å²) in [6, 6.07) is 7.28. The first kappa shape index (κ1) is 20.1. The van der Waals surface area contributed by atoms with E-state index in [2.05, 4.69) is 19.4 Å². The number of piperidine rings is 1. The predicted octanol–water partition coefficient (Wildman–Crippen LogP) is 3.75. The van der Waals surface area contributed by atoms with E-state index in [1.807, 2.05) is 19.2 Å². The number of nitrogens with zero attached hydrogens (tertiary/aromatic N) is 4. The minimum atomic E-state index is -4.40. The number of aromatic nitrogens is 3. The molecule has 1 aliphatic heterocycles. The van der Waals surface area contributed by atoms with E-state index in [4.69, 9.17) is 9.47 Å². The standard InChI is InChI=1S/C22H23F3N4O2/c1-28-17-4-3-7-26-21(17)27-20(28)11-29-9-14-15(10-29)16(14)12-31-18-6-5-13(22(23,24)25)8-19(18)30-2/h3-8,14-16H,9-12H2,1-2H3/t14-,15+,16+. The molecule has 6 nitrogen and oxygen atoms in total. The van der Waals surface area contributed by atoms with E-state index in [9.17, 15) is 13.2 Å². The van der Waals surface area contributed by atoms with Crippen LogP contribution in [-0.2, 0) is 19.8 Å². The van der Waals surface area contributed by atoms with Gasteiger partial charge in [-0.05, 0) is 42.2 Å². The lowest BCUT2D eigenvalue weighted by Crippen LogP contribution is -2.26. The van der Waals surface area contributed by atoms with Crippen LogP contribution in [0.4, 0.5) is 13.2 Å². The molecule has 3 aromatic rings. The van der Waals surface area contributed by atoms with Gasteiger partial charge in [0.1, 0.15) is 5.82 Å². The summed E-state index contributed by atoms with van der Waals surface area (Å²) in [4.78, 5) is 11.4. The monoisotopic (exact) mass is 432 g/mol. The number of fused-ring (bicyclic) bond motifs is 2. The van der Waals surface area contributed by atoms with Gasteiger partial charge in [0, 0.05) is 32.3 Å². The van der Waals surface area contributed by atoms with Crippen molar-refractivity contribution < 1.29 is 22.6 Å². The number of rotatable bonds is 6. The van der Waals surface area contributed by atoms with Gasteiger partial charge in [0.05, 0.1) is 31.3 Å². The third kappa shape index (κ3) is 3.71. The van der Waals surface area contributed by atoms with Crippen molar-refractivity contribution in [3.05, 3.63) is 47.9 Å². The Morgan fingerprint density at radius 1 is 1.13 bits per heavy atom. The van der Waals surface area contributed by atoms with Crippen LogP contribution in [0.25, 0.3) is 11.2 Å². The number of likely N-dealkylation sites (tertiary alicyclic amines) is 1. The summed E-state index contributed by atoms with van der Waals surface area (Å²) in [6.07, 6.45) is -2.65. The zero-order valence-corrected chi connectivity index (χ0v) is 17.3. The summed E-state index contributed by atoms with van der Waals surface area (Å²) in [5.41, 5.74) is 1.05. The molecule has 2 aromatic heterocycles.